The summed E-state index contributed by atoms with van der Waals surface area (Å²) in [6, 6.07) is -0.907. The van der Waals surface area contributed by atoms with E-state index in [4.69, 9.17) is 0 Å². The Morgan fingerprint density at radius 2 is 1.54 bits per heavy atom. The third-order valence-corrected chi connectivity index (χ3v) is 4.14. The largest absolute Gasteiger partial charge is 0.392 e. The molecular weight excluding hydrogens is 310 g/mol. The second kappa shape index (κ2) is 9.96. The molecule has 0 aromatic heterocycles. The molecule has 0 radical (unpaired) electrons. The van der Waals surface area contributed by atoms with Gasteiger partial charge in [-0.1, -0.05) is 13.8 Å². The predicted octanol–water partition coefficient (Wildman–Crippen LogP) is -0.140. The summed E-state index contributed by atoms with van der Waals surface area (Å²) in [5, 5.41) is 24.6. The minimum atomic E-state index is -0.463. The lowest BCUT2D eigenvalue weighted by Gasteiger charge is -2.31. The highest BCUT2D eigenvalue weighted by Crippen LogP contribution is 2.11. The number of hydrogen-bond donors (Lipinski definition) is 4. The molecular formula is C17H33N3O4. The maximum atomic E-state index is 12.1. The number of nitrogens with one attached hydrogen (secondary N) is 2. The number of carbonyl (C=O) groups excluding carboxylic acids is 2. The quantitative estimate of drug-likeness (QED) is 0.414. The Morgan fingerprint density at radius 3 is 2.04 bits per heavy atom. The van der Waals surface area contributed by atoms with Crippen LogP contribution in [0.2, 0.25) is 0 Å². The van der Waals surface area contributed by atoms with Gasteiger partial charge < -0.3 is 20.8 Å². The van der Waals surface area contributed by atoms with Gasteiger partial charge in [0.2, 0.25) is 11.8 Å². The number of piperazine rings is 1. The molecule has 0 aliphatic carbocycles. The number of rotatable bonds is 10. The first-order valence-electron chi connectivity index (χ1n) is 8.90. The Labute approximate surface area is 144 Å². The van der Waals surface area contributed by atoms with Crippen LogP contribution < -0.4 is 10.6 Å². The van der Waals surface area contributed by atoms with E-state index in [1.807, 2.05) is 18.7 Å². The SMILES string of the molecule is CC(O)CN(CCCCC1NC(=O)C(C(C)C)NC1=O)CC(C)O. The number of unbranched alkanes of at least 4 members (excludes halogenated alkanes) is 1. The second-order valence-corrected chi connectivity index (χ2v) is 7.24. The molecule has 1 saturated heterocycles. The van der Waals surface area contributed by atoms with E-state index in [2.05, 4.69) is 10.6 Å². The van der Waals surface area contributed by atoms with E-state index in [1.165, 1.54) is 0 Å². The molecule has 0 aromatic carbocycles. The van der Waals surface area contributed by atoms with Gasteiger partial charge in [-0.15, -0.1) is 0 Å². The van der Waals surface area contributed by atoms with Crippen LogP contribution in [0.3, 0.4) is 0 Å². The van der Waals surface area contributed by atoms with Gasteiger partial charge in [-0.2, -0.15) is 0 Å². The van der Waals surface area contributed by atoms with Crippen LogP contribution in [-0.2, 0) is 9.59 Å². The van der Waals surface area contributed by atoms with Crippen molar-refractivity contribution < 1.29 is 19.8 Å². The minimum Gasteiger partial charge on any atom is -0.392 e. The molecule has 7 heteroatoms. The summed E-state index contributed by atoms with van der Waals surface area (Å²) in [5.41, 5.74) is 0. The summed E-state index contributed by atoms with van der Waals surface area (Å²) >= 11 is 0. The molecule has 4 unspecified atom stereocenters. The third-order valence-electron chi connectivity index (χ3n) is 4.14. The lowest BCUT2D eigenvalue weighted by molar-refractivity contribution is -0.138. The van der Waals surface area contributed by atoms with Crippen LogP contribution in [0.1, 0.15) is 47.0 Å². The van der Waals surface area contributed by atoms with Crippen molar-refractivity contribution >= 4 is 11.8 Å². The molecule has 0 spiro atoms. The standard InChI is InChI=1S/C17H33N3O4/c1-11(2)15-17(24)18-14(16(23)19-15)7-5-6-8-20(9-12(3)21)10-13(4)22/h11-15,21-22H,5-10H2,1-4H3,(H,18,24)(H,19,23). The van der Waals surface area contributed by atoms with Gasteiger partial charge in [0, 0.05) is 13.1 Å². The van der Waals surface area contributed by atoms with Crippen LogP contribution in [0.25, 0.3) is 0 Å². The number of carbonyl (C=O) groups is 2. The summed E-state index contributed by atoms with van der Waals surface area (Å²) in [6.07, 6.45) is 1.34. The average Bonchev–Trinajstić information content (AvgIpc) is 2.44. The Hall–Kier alpha value is -1.18. The van der Waals surface area contributed by atoms with Crippen molar-refractivity contribution in [2.45, 2.75) is 71.2 Å². The van der Waals surface area contributed by atoms with Crippen LogP contribution in [-0.4, -0.2) is 70.9 Å². The van der Waals surface area contributed by atoms with Gasteiger partial charge in [0.1, 0.15) is 12.1 Å². The molecule has 1 rings (SSSR count). The normalized spacial score (nSPS) is 24.0. The molecule has 24 heavy (non-hydrogen) atoms. The lowest BCUT2D eigenvalue weighted by Crippen LogP contribution is -2.63. The zero-order valence-electron chi connectivity index (χ0n) is 15.3. The molecule has 7 nitrogen and oxygen atoms in total. The molecule has 4 atom stereocenters. The molecule has 1 fully saturated rings. The second-order valence-electron chi connectivity index (χ2n) is 7.24. The summed E-state index contributed by atoms with van der Waals surface area (Å²) < 4.78 is 0. The van der Waals surface area contributed by atoms with Crippen LogP contribution in [0, 0.1) is 5.92 Å². The van der Waals surface area contributed by atoms with Gasteiger partial charge >= 0.3 is 0 Å². The van der Waals surface area contributed by atoms with E-state index in [0.717, 1.165) is 19.4 Å². The molecule has 4 N–H and O–H groups in total. The topological polar surface area (TPSA) is 102 Å². The van der Waals surface area contributed by atoms with Crippen molar-refractivity contribution in [2.75, 3.05) is 19.6 Å². The fourth-order valence-corrected chi connectivity index (χ4v) is 3.01. The molecule has 1 heterocycles. The highest BCUT2D eigenvalue weighted by Gasteiger charge is 2.34. The third kappa shape index (κ3) is 7.15. The number of hydrogen-bond acceptors (Lipinski definition) is 5. The van der Waals surface area contributed by atoms with Crippen LogP contribution in [0.5, 0.6) is 0 Å². The molecule has 0 saturated carbocycles. The van der Waals surface area contributed by atoms with Gasteiger partial charge in [0.15, 0.2) is 0 Å². The fraction of sp³-hybridized carbons (Fsp3) is 0.882. The van der Waals surface area contributed by atoms with E-state index in [1.54, 1.807) is 13.8 Å². The van der Waals surface area contributed by atoms with Crippen molar-refractivity contribution in [3.05, 3.63) is 0 Å². The summed E-state index contributed by atoms with van der Waals surface area (Å²) in [5.74, 6) is -0.151. The molecule has 1 aliphatic heterocycles. The van der Waals surface area contributed by atoms with Crippen molar-refractivity contribution in [1.29, 1.82) is 0 Å². The highest BCUT2D eigenvalue weighted by atomic mass is 16.3. The van der Waals surface area contributed by atoms with E-state index in [9.17, 15) is 19.8 Å². The Bertz CT molecular complexity index is 403. The molecule has 0 aromatic rings. The Morgan fingerprint density at radius 1 is 0.958 bits per heavy atom. The fourth-order valence-electron chi connectivity index (χ4n) is 3.01. The maximum absolute atomic E-state index is 12.1. The summed E-state index contributed by atoms with van der Waals surface area (Å²) in [4.78, 5) is 26.1. The highest BCUT2D eigenvalue weighted by molar-refractivity contribution is 5.97. The minimum absolute atomic E-state index is 0.0735. The number of nitrogens with zero attached hydrogens (tertiary/aromatic N) is 1. The zero-order valence-corrected chi connectivity index (χ0v) is 15.3. The molecule has 1 aliphatic rings. The van der Waals surface area contributed by atoms with Crippen LogP contribution in [0.4, 0.5) is 0 Å². The van der Waals surface area contributed by atoms with Crippen molar-refractivity contribution in [3.63, 3.8) is 0 Å². The summed E-state index contributed by atoms with van der Waals surface area (Å²) in [7, 11) is 0. The first-order chi connectivity index (χ1) is 11.2. The number of amides is 2. The Balaban J connectivity index is 2.35. The molecule has 0 bridgehead atoms. The van der Waals surface area contributed by atoms with Crippen molar-refractivity contribution in [1.82, 2.24) is 15.5 Å². The van der Waals surface area contributed by atoms with Crippen molar-refractivity contribution in [2.24, 2.45) is 5.92 Å². The van der Waals surface area contributed by atoms with Gasteiger partial charge in [-0.25, -0.2) is 0 Å². The van der Waals surface area contributed by atoms with Gasteiger partial charge in [0.25, 0.3) is 0 Å². The monoisotopic (exact) mass is 343 g/mol. The maximum Gasteiger partial charge on any atom is 0.243 e. The van der Waals surface area contributed by atoms with E-state index >= 15 is 0 Å². The average molecular weight is 343 g/mol. The van der Waals surface area contributed by atoms with Crippen LogP contribution >= 0.6 is 0 Å². The lowest BCUT2D eigenvalue weighted by atomic mass is 9.98. The van der Waals surface area contributed by atoms with E-state index < -0.39 is 24.3 Å². The Kier molecular flexibility index (Phi) is 8.66. The first kappa shape index (κ1) is 20.9. The van der Waals surface area contributed by atoms with Crippen molar-refractivity contribution in [3.8, 4) is 0 Å². The predicted molar refractivity (Wildman–Crippen MR) is 92.4 cm³/mol. The van der Waals surface area contributed by atoms with E-state index in [-0.39, 0.29) is 17.7 Å². The van der Waals surface area contributed by atoms with Gasteiger partial charge in [-0.3, -0.25) is 14.5 Å². The van der Waals surface area contributed by atoms with Gasteiger partial charge in [-0.05, 0) is 45.6 Å². The number of aliphatic hydroxyl groups excluding tert-OH is 2. The molecule has 2 amide bonds. The summed E-state index contributed by atoms with van der Waals surface area (Å²) in [6.45, 7) is 9.04. The van der Waals surface area contributed by atoms with Crippen LogP contribution in [0.15, 0.2) is 0 Å². The van der Waals surface area contributed by atoms with Gasteiger partial charge in [0.05, 0.1) is 12.2 Å². The smallest absolute Gasteiger partial charge is 0.243 e. The zero-order chi connectivity index (χ0) is 18.3. The first-order valence-corrected chi connectivity index (χ1v) is 8.90. The molecule has 140 valence electrons. The number of aliphatic hydroxyl groups is 2. The van der Waals surface area contributed by atoms with E-state index in [0.29, 0.717) is 19.5 Å².